The number of aromatic nitrogens is 1. The molecule has 0 spiro atoms. The van der Waals surface area contributed by atoms with E-state index in [1.54, 1.807) is 0 Å². The van der Waals surface area contributed by atoms with Gasteiger partial charge in [0, 0.05) is 49.3 Å². The summed E-state index contributed by atoms with van der Waals surface area (Å²) in [6, 6.07) is 2.14. The Morgan fingerprint density at radius 1 is 1.29 bits per heavy atom. The van der Waals surface area contributed by atoms with Gasteiger partial charge < -0.3 is 15.1 Å². The van der Waals surface area contributed by atoms with Gasteiger partial charge in [-0.2, -0.15) is 0 Å². The van der Waals surface area contributed by atoms with E-state index in [1.165, 1.54) is 30.5 Å². The van der Waals surface area contributed by atoms with Crippen LogP contribution in [0.2, 0.25) is 0 Å². The Bertz CT molecular complexity index is 440. The van der Waals surface area contributed by atoms with Crippen LogP contribution in [0.5, 0.6) is 0 Å². The molecule has 1 heterocycles. The molecule has 0 unspecified atom stereocenters. The first-order valence-electron chi connectivity index (χ1n) is 8.11. The molecule has 4 heteroatoms. The summed E-state index contributed by atoms with van der Waals surface area (Å²) in [5.74, 6) is 0. The lowest BCUT2D eigenvalue weighted by molar-refractivity contribution is 0.0683. The Kier molecular flexibility index (Phi) is 5.59. The second-order valence-corrected chi connectivity index (χ2v) is 6.51. The molecule has 1 aromatic rings. The lowest BCUT2D eigenvalue weighted by atomic mass is 9.75. The van der Waals surface area contributed by atoms with Crippen molar-refractivity contribution < 1.29 is 0 Å². The van der Waals surface area contributed by atoms with Crippen molar-refractivity contribution in [2.24, 2.45) is 0 Å². The summed E-state index contributed by atoms with van der Waals surface area (Å²) in [6.45, 7) is 5.24. The van der Waals surface area contributed by atoms with E-state index in [4.69, 9.17) is 0 Å². The summed E-state index contributed by atoms with van der Waals surface area (Å²) >= 11 is 0. The number of hydrogen-bond acceptors (Lipinski definition) is 4. The second kappa shape index (κ2) is 7.23. The zero-order valence-corrected chi connectivity index (χ0v) is 14.0. The van der Waals surface area contributed by atoms with E-state index >= 15 is 0 Å². The molecule has 1 saturated carbocycles. The second-order valence-electron chi connectivity index (χ2n) is 6.51. The molecule has 4 nitrogen and oxygen atoms in total. The molecular weight excluding hydrogens is 260 g/mol. The van der Waals surface area contributed by atoms with Crippen molar-refractivity contribution in [2.75, 3.05) is 39.1 Å². The van der Waals surface area contributed by atoms with Gasteiger partial charge in [0.1, 0.15) is 0 Å². The fourth-order valence-electron chi connectivity index (χ4n) is 3.19. The highest BCUT2D eigenvalue weighted by Crippen LogP contribution is 2.37. The first kappa shape index (κ1) is 16.2. The third-order valence-electron chi connectivity index (χ3n) is 4.80. The molecule has 21 heavy (non-hydrogen) atoms. The number of rotatable bonds is 8. The van der Waals surface area contributed by atoms with Crippen LogP contribution in [0.1, 0.15) is 38.2 Å². The van der Waals surface area contributed by atoms with E-state index in [0.717, 1.165) is 26.1 Å². The first-order chi connectivity index (χ1) is 10.1. The molecule has 0 bridgehead atoms. The van der Waals surface area contributed by atoms with Crippen molar-refractivity contribution in [3.63, 3.8) is 0 Å². The molecule has 0 saturated heterocycles. The smallest absolute Gasteiger partial charge is 0.0440 e. The first-order valence-corrected chi connectivity index (χ1v) is 8.11. The van der Waals surface area contributed by atoms with Gasteiger partial charge in [0.2, 0.25) is 0 Å². The summed E-state index contributed by atoms with van der Waals surface area (Å²) in [7, 11) is 6.63. The SMILES string of the molecule is CCCNCc1cnccc1N(C)CC1(N(C)C)CCC1. The monoisotopic (exact) mass is 290 g/mol. The van der Waals surface area contributed by atoms with Crippen LogP contribution >= 0.6 is 0 Å². The third-order valence-corrected chi connectivity index (χ3v) is 4.80. The highest BCUT2D eigenvalue weighted by molar-refractivity contribution is 5.52. The quantitative estimate of drug-likeness (QED) is 0.746. The number of hydrogen-bond donors (Lipinski definition) is 1. The summed E-state index contributed by atoms with van der Waals surface area (Å²) in [6.07, 6.45) is 9.02. The number of likely N-dealkylation sites (N-methyl/N-ethyl adjacent to an activating group) is 2. The molecular formula is C17H30N4. The van der Waals surface area contributed by atoms with Gasteiger partial charge in [-0.25, -0.2) is 0 Å². The van der Waals surface area contributed by atoms with Crippen molar-refractivity contribution in [1.29, 1.82) is 0 Å². The van der Waals surface area contributed by atoms with E-state index < -0.39 is 0 Å². The molecule has 1 fully saturated rings. The highest BCUT2D eigenvalue weighted by atomic mass is 15.2. The summed E-state index contributed by atoms with van der Waals surface area (Å²) < 4.78 is 0. The van der Waals surface area contributed by atoms with Crippen LogP contribution < -0.4 is 10.2 Å². The minimum atomic E-state index is 0.353. The topological polar surface area (TPSA) is 31.4 Å². The van der Waals surface area contributed by atoms with E-state index in [2.05, 4.69) is 54.2 Å². The molecule has 1 N–H and O–H groups in total. The average Bonchev–Trinajstić information content (AvgIpc) is 2.43. The van der Waals surface area contributed by atoms with Gasteiger partial charge in [0.05, 0.1) is 0 Å². The van der Waals surface area contributed by atoms with Gasteiger partial charge in [-0.05, 0) is 52.4 Å². The summed E-state index contributed by atoms with van der Waals surface area (Å²) in [5, 5.41) is 3.48. The largest absolute Gasteiger partial charge is 0.372 e. The molecule has 0 aliphatic heterocycles. The molecule has 0 radical (unpaired) electrons. The molecule has 118 valence electrons. The number of nitrogens with zero attached hydrogens (tertiary/aromatic N) is 3. The van der Waals surface area contributed by atoms with Crippen LogP contribution in [0, 0.1) is 0 Å². The van der Waals surface area contributed by atoms with Crippen molar-refractivity contribution in [2.45, 2.75) is 44.7 Å². The highest BCUT2D eigenvalue weighted by Gasteiger charge is 2.40. The maximum atomic E-state index is 4.30. The molecule has 1 aromatic heterocycles. The van der Waals surface area contributed by atoms with Crippen molar-refractivity contribution in [3.8, 4) is 0 Å². The van der Waals surface area contributed by atoms with Crippen LogP contribution in [0.3, 0.4) is 0 Å². The van der Waals surface area contributed by atoms with Gasteiger partial charge in [0.15, 0.2) is 0 Å². The van der Waals surface area contributed by atoms with E-state index in [1.807, 2.05) is 12.4 Å². The number of pyridine rings is 1. The fourth-order valence-corrected chi connectivity index (χ4v) is 3.19. The lowest BCUT2D eigenvalue weighted by Crippen LogP contribution is -2.56. The van der Waals surface area contributed by atoms with E-state index in [0.29, 0.717) is 5.54 Å². The summed E-state index contributed by atoms with van der Waals surface area (Å²) in [5.41, 5.74) is 2.95. The number of anilines is 1. The maximum Gasteiger partial charge on any atom is 0.0440 e. The zero-order valence-electron chi connectivity index (χ0n) is 14.0. The normalized spacial score (nSPS) is 16.8. The van der Waals surface area contributed by atoms with Gasteiger partial charge in [-0.1, -0.05) is 6.92 Å². The molecule has 1 aliphatic rings. The minimum absolute atomic E-state index is 0.353. The minimum Gasteiger partial charge on any atom is -0.372 e. The van der Waals surface area contributed by atoms with Gasteiger partial charge in [0.25, 0.3) is 0 Å². The predicted molar refractivity (Wildman–Crippen MR) is 89.8 cm³/mol. The molecule has 0 amide bonds. The average molecular weight is 290 g/mol. The van der Waals surface area contributed by atoms with Crippen LogP contribution in [0.4, 0.5) is 5.69 Å². The Labute approximate surface area is 129 Å². The van der Waals surface area contributed by atoms with Crippen LogP contribution in [0.25, 0.3) is 0 Å². The van der Waals surface area contributed by atoms with E-state index in [-0.39, 0.29) is 0 Å². The lowest BCUT2D eigenvalue weighted by Gasteiger charge is -2.49. The van der Waals surface area contributed by atoms with Crippen molar-refractivity contribution >= 4 is 5.69 Å². The van der Waals surface area contributed by atoms with Crippen molar-refractivity contribution in [1.82, 2.24) is 15.2 Å². The Morgan fingerprint density at radius 3 is 2.62 bits per heavy atom. The Balaban J connectivity index is 2.06. The van der Waals surface area contributed by atoms with Gasteiger partial charge in [-0.3, -0.25) is 4.98 Å². The molecule has 1 aliphatic carbocycles. The zero-order chi connectivity index (χ0) is 15.3. The molecule has 2 rings (SSSR count). The number of nitrogens with one attached hydrogen (secondary N) is 1. The molecule has 0 aromatic carbocycles. The Morgan fingerprint density at radius 2 is 2.05 bits per heavy atom. The fraction of sp³-hybridized carbons (Fsp3) is 0.706. The van der Waals surface area contributed by atoms with E-state index in [9.17, 15) is 0 Å². The van der Waals surface area contributed by atoms with Crippen LogP contribution in [-0.2, 0) is 6.54 Å². The standard InChI is InChI=1S/C17H30N4/c1-5-10-18-12-15-13-19-11-7-16(15)21(4)14-17(20(2)3)8-6-9-17/h7,11,13,18H,5-6,8-10,12,14H2,1-4H3. The molecule has 0 atom stereocenters. The van der Waals surface area contributed by atoms with Crippen LogP contribution in [0.15, 0.2) is 18.5 Å². The van der Waals surface area contributed by atoms with Crippen LogP contribution in [-0.4, -0.2) is 49.7 Å². The van der Waals surface area contributed by atoms with Gasteiger partial charge >= 0.3 is 0 Å². The summed E-state index contributed by atoms with van der Waals surface area (Å²) in [4.78, 5) is 9.11. The van der Waals surface area contributed by atoms with Crippen molar-refractivity contribution in [3.05, 3.63) is 24.0 Å². The van der Waals surface area contributed by atoms with Gasteiger partial charge in [-0.15, -0.1) is 0 Å². The predicted octanol–water partition coefficient (Wildman–Crippen LogP) is 2.50. The Hall–Kier alpha value is -1.13. The maximum absolute atomic E-state index is 4.30. The third kappa shape index (κ3) is 3.74.